The Balaban J connectivity index is 1.58. The Hall–Kier alpha value is -3.75. The van der Waals surface area contributed by atoms with Gasteiger partial charge in [-0.15, -0.1) is 0 Å². The Kier molecular flexibility index (Phi) is 5.18. The number of hydrogen-bond donors (Lipinski definition) is 1. The summed E-state index contributed by atoms with van der Waals surface area (Å²) >= 11 is 0. The molecule has 4 rings (SSSR count). The zero-order valence-corrected chi connectivity index (χ0v) is 16.2. The molecule has 0 radical (unpaired) electrons. The van der Waals surface area contributed by atoms with Crippen molar-refractivity contribution in [2.75, 3.05) is 5.32 Å². The largest absolute Gasteiger partial charge is 0.416 e. The van der Waals surface area contributed by atoms with Gasteiger partial charge in [0.25, 0.3) is 0 Å². The van der Waals surface area contributed by atoms with Gasteiger partial charge in [-0.2, -0.15) is 18.3 Å². The van der Waals surface area contributed by atoms with Crippen LogP contribution in [-0.2, 0) is 17.5 Å². The monoisotopic (exact) mass is 428 g/mol. The number of amides is 1. The molecular weight excluding hydrogens is 412 g/mol. The van der Waals surface area contributed by atoms with E-state index in [1.165, 1.54) is 28.9 Å². The topological polar surface area (TPSA) is 59.8 Å². The highest BCUT2D eigenvalue weighted by Gasteiger charge is 2.30. The maximum absolute atomic E-state index is 13.3. The predicted octanol–water partition coefficient (Wildman–Crippen LogP) is 5.20. The number of nitrogens with zero attached hydrogens (tertiary/aromatic N) is 3. The Morgan fingerprint density at radius 3 is 2.35 bits per heavy atom. The molecule has 158 valence electrons. The smallest absolute Gasteiger partial charge is 0.324 e. The Morgan fingerprint density at radius 1 is 1.03 bits per heavy atom. The summed E-state index contributed by atoms with van der Waals surface area (Å²) in [6, 6.07) is 12.0. The first kappa shape index (κ1) is 20.5. The Bertz CT molecular complexity index is 1250. The van der Waals surface area contributed by atoms with Gasteiger partial charge in [0.2, 0.25) is 5.91 Å². The Labute approximate surface area is 174 Å². The number of alkyl halides is 3. The van der Waals surface area contributed by atoms with Crippen LogP contribution in [0, 0.1) is 12.7 Å². The fourth-order valence-electron chi connectivity index (χ4n) is 3.34. The van der Waals surface area contributed by atoms with E-state index in [-0.39, 0.29) is 18.0 Å². The molecule has 0 unspecified atom stereocenters. The number of aromatic nitrogens is 3. The van der Waals surface area contributed by atoms with Gasteiger partial charge in [0.05, 0.1) is 11.3 Å². The predicted molar refractivity (Wildman–Crippen MR) is 108 cm³/mol. The summed E-state index contributed by atoms with van der Waals surface area (Å²) in [6.45, 7) is 1.60. The van der Waals surface area contributed by atoms with Crippen molar-refractivity contribution in [2.45, 2.75) is 19.6 Å². The standard InChI is InChI=1S/C22H16F4N4O/c1-13-20-18(14-2-6-16(23)7-3-14)10-11-27-21(20)30(29-13)12-19(31)28-17-8-4-15(5-9-17)22(24,25)26/h2-11H,12H2,1H3,(H,28,31). The molecule has 1 amide bonds. The van der Waals surface area contributed by atoms with Crippen LogP contribution in [0.25, 0.3) is 22.2 Å². The molecular formula is C22H16F4N4O. The third-order valence-corrected chi connectivity index (χ3v) is 4.75. The van der Waals surface area contributed by atoms with Crippen molar-refractivity contribution in [1.82, 2.24) is 14.8 Å². The van der Waals surface area contributed by atoms with Crippen LogP contribution in [0.4, 0.5) is 23.2 Å². The molecule has 4 aromatic rings. The number of carbonyl (C=O) groups excluding carboxylic acids is 1. The van der Waals surface area contributed by atoms with Gasteiger partial charge in [-0.05, 0) is 60.5 Å². The van der Waals surface area contributed by atoms with E-state index in [0.29, 0.717) is 11.3 Å². The summed E-state index contributed by atoms with van der Waals surface area (Å²) in [5.41, 5.74) is 2.15. The van der Waals surface area contributed by atoms with Crippen molar-refractivity contribution < 1.29 is 22.4 Å². The molecule has 0 saturated carbocycles. The van der Waals surface area contributed by atoms with E-state index in [0.717, 1.165) is 28.6 Å². The van der Waals surface area contributed by atoms with Crippen molar-refractivity contribution in [2.24, 2.45) is 0 Å². The highest BCUT2D eigenvalue weighted by Crippen LogP contribution is 2.31. The molecule has 0 atom stereocenters. The molecule has 0 aliphatic carbocycles. The number of nitrogens with one attached hydrogen (secondary N) is 1. The summed E-state index contributed by atoms with van der Waals surface area (Å²) < 4.78 is 52.7. The molecule has 2 aromatic heterocycles. The number of aryl methyl sites for hydroxylation is 1. The second-order valence-electron chi connectivity index (χ2n) is 6.93. The summed E-state index contributed by atoms with van der Waals surface area (Å²) in [5, 5.41) is 7.68. The van der Waals surface area contributed by atoms with Crippen molar-refractivity contribution in [1.29, 1.82) is 0 Å². The van der Waals surface area contributed by atoms with Crippen LogP contribution < -0.4 is 5.32 Å². The van der Waals surface area contributed by atoms with Crippen LogP contribution in [0.1, 0.15) is 11.3 Å². The quantitative estimate of drug-likeness (QED) is 0.455. The molecule has 0 aliphatic heterocycles. The fourth-order valence-corrected chi connectivity index (χ4v) is 3.34. The van der Waals surface area contributed by atoms with E-state index < -0.39 is 17.6 Å². The summed E-state index contributed by atoms with van der Waals surface area (Å²) in [5.74, 6) is -0.806. The minimum atomic E-state index is -4.44. The van der Waals surface area contributed by atoms with E-state index in [2.05, 4.69) is 15.4 Å². The number of pyridine rings is 1. The second-order valence-corrected chi connectivity index (χ2v) is 6.93. The number of rotatable bonds is 4. The lowest BCUT2D eigenvalue weighted by Gasteiger charge is -2.09. The molecule has 2 aromatic carbocycles. The number of hydrogen-bond acceptors (Lipinski definition) is 3. The van der Waals surface area contributed by atoms with Gasteiger partial charge >= 0.3 is 6.18 Å². The third-order valence-electron chi connectivity index (χ3n) is 4.75. The zero-order chi connectivity index (χ0) is 22.2. The normalized spacial score (nSPS) is 11.6. The first-order chi connectivity index (χ1) is 14.7. The van der Waals surface area contributed by atoms with Gasteiger partial charge in [-0.25, -0.2) is 14.1 Å². The van der Waals surface area contributed by atoms with Crippen molar-refractivity contribution >= 4 is 22.6 Å². The first-order valence-electron chi connectivity index (χ1n) is 9.27. The average Bonchev–Trinajstić information content (AvgIpc) is 3.04. The van der Waals surface area contributed by atoms with Crippen LogP contribution in [-0.4, -0.2) is 20.7 Å². The SMILES string of the molecule is Cc1nn(CC(=O)Nc2ccc(C(F)(F)F)cc2)c2nccc(-c3ccc(F)cc3)c12. The summed E-state index contributed by atoms with van der Waals surface area (Å²) in [6.07, 6.45) is -2.87. The van der Waals surface area contributed by atoms with E-state index >= 15 is 0 Å². The molecule has 0 saturated heterocycles. The molecule has 1 N–H and O–H groups in total. The highest BCUT2D eigenvalue weighted by atomic mass is 19.4. The van der Waals surface area contributed by atoms with Crippen LogP contribution in [0.5, 0.6) is 0 Å². The lowest BCUT2D eigenvalue weighted by atomic mass is 10.0. The zero-order valence-electron chi connectivity index (χ0n) is 16.2. The first-order valence-corrected chi connectivity index (χ1v) is 9.27. The van der Waals surface area contributed by atoms with Crippen LogP contribution >= 0.6 is 0 Å². The molecule has 9 heteroatoms. The highest BCUT2D eigenvalue weighted by molar-refractivity contribution is 5.96. The van der Waals surface area contributed by atoms with Crippen molar-refractivity contribution in [3.05, 3.63) is 77.9 Å². The molecule has 5 nitrogen and oxygen atoms in total. The van der Waals surface area contributed by atoms with Crippen LogP contribution in [0.3, 0.4) is 0 Å². The van der Waals surface area contributed by atoms with Gasteiger partial charge in [0.15, 0.2) is 5.65 Å². The minimum absolute atomic E-state index is 0.175. The summed E-state index contributed by atoms with van der Waals surface area (Å²) in [7, 11) is 0. The maximum atomic E-state index is 13.3. The minimum Gasteiger partial charge on any atom is -0.324 e. The van der Waals surface area contributed by atoms with Gasteiger partial charge < -0.3 is 5.32 Å². The third kappa shape index (κ3) is 4.25. The van der Waals surface area contributed by atoms with Crippen molar-refractivity contribution in [3.63, 3.8) is 0 Å². The molecule has 31 heavy (non-hydrogen) atoms. The van der Waals surface area contributed by atoms with E-state index in [9.17, 15) is 22.4 Å². The molecule has 0 aliphatic rings. The lowest BCUT2D eigenvalue weighted by molar-refractivity contribution is -0.137. The van der Waals surface area contributed by atoms with Crippen molar-refractivity contribution in [3.8, 4) is 11.1 Å². The number of fused-ring (bicyclic) bond motifs is 1. The number of benzene rings is 2. The van der Waals surface area contributed by atoms with Gasteiger partial charge in [-0.1, -0.05) is 12.1 Å². The van der Waals surface area contributed by atoms with Gasteiger partial charge in [0.1, 0.15) is 12.4 Å². The summed E-state index contributed by atoms with van der Waals surface area (Å²) in [4.78, 5) is 16.8. The van der Waals surface area contributed by atoms with Gasteiger partial charge in [-0.3, -0.25) is 4.79 Å². The fraction of sp³-hybridized carbons (Fsp3) is 0.136. The van der Waals surface area contributed by atoms with Gasteiger partial charge in [0, 0.05) is 17.3 Å². The number of halogens is 4. The molecule has 0 fully saturated rings. The van der Waals surface area contributed by atoms with E-state index in [1.807, 2.05) is 0 Å². The Morgan fingerprint density at radius 2 is 1.71 bits per heavy atom. The van der Waals surface area contributed by atoms with E-state index in [4.69, 9.17) is 0 Å². The number of carbonyl (C=O) groups is 1. The van der Waals surface area contributed by atoms with E-state index in [1.54, 1.807) is 31.3 Å². The lowest BCUT2D eigenvalue weighted by Crippen LogP contribution is -2.20. The van der Waals surface area contributed by atoms with Crippen LogP contribution in [0.2, 0.25) is 0 Å². The maximum Gasteiger partial charge on any atom is 0.416 e. The molecule has 0 bridgehead atoms. The van der Waals surface area contributed by atoms with Crippen LogP contribution in [0.15, 0.2) is 60.8 Å². The number of anilines is 1. The second kappa shape index (κ2) is 7.82. The molecule has 0 spiro atoms. The molecule has 2 heterocycles. The average molecular weight is 428 g/mol.